The standard InChI is InChI=1S/C16H22BrN3O3/c1-12-3-4-13(9-14(12)17)18-15(21)10-19(2)11-16(22)20-5-7-23-8-6-20/h3-4,9H,5-8,10-11H2,1-2H3,(H,18,21). The van der Waals surface area contributed by atoms with Gasteiger partial charge in [0.2, 0.25) is 11.8 Å². The number of morpholine rings is 1. The minimum atomic E-state index is -0.141. The second kappa shape index (κ2) is 8.42. The van der Waals surface area contributed by atoms with Crippen LogP contribution in [-0.2, 0) is 14.3 Å². The Kier molecular flexibility index (Phi) is 6.56. The van der Waals surface area contributed by atoms with Crippen molar-refractivity contribution >= 4 is 33.4 Å². The van der Waals surface area contributed by atoms with Gasteiger partial charge in [-0.2, -0.15) is 0 Å². The molecule has 1 aromatic rings. The van der Waals surface area contributed by atoms with Crippen LogP contribution in [0.25, 0.3) is 0 Å². The first-order chi connectivity index (χ1) is 11.0. The SMILES string of the molecule is Cc1ccc(NC(=O)CN(C)CC(=O)N2CCOCC2)cc1Br. The predicted octanol–water partition coefficient (Wildman–Crippen LogP) is 1.49. The van der Waals surface area contributed by atoms with Crippen molar-refractivity contribution in [2.24, 2.45) is 0 Å². The van der Waals surface area contributed by atoms with Gasteiger partial charge in [0.05, 0.1) is 26.3 Å². The van der Waals surface area contributed by atoms with Gasteiger partial charge in [-0.05, 0) is 31.7 Å². The predicted molar refractivity (Wildman–Crippen MR) is 92.4 cm³/mol. The number of carbonyl (C=O) groups is 2. The molecule has 2 amide bonds. The Morgan fingerprint density at radius 1 is 1.30 bits per heavy atom. The van der Waals surface area contributed by atoms with Gasteiger partial charge in [0.15, 0.2) is 0 Å². The van der Waals surface area contributed by atoms with Crippen molar-refractivity contribution in [2.75, 3.05) is 51.8 Å². The van der Waals surface area contributed by atoms with Crippen molar-refractivity contribution < 1.29 is 14.3 Å². The number of nitrogens with one attached hydrogen (secondary N) is 1. The zero-order valence-corrected chi connectivity index (χ0v) is 15.1. The Bertz CT molecular complexity index is 574. The van der Waals surface area contributed by atoms with Crippen molar-refractivity contribution in [3.63, 3.8) is 0 Å². The summed E-state index contributed by atoms with van der Waals surface area (Å²) in [6.07, 6.45) is 0. The van der Waals surface area contributed by atoms with Gasteiger partial charge in [-0.3, -0.25) is 14.5 Å². The minimum absolute atomic E-state index is 0.0293. The van der Waals surface area contributed by atoms with Gasteiger partial charge in [0.1, 0.15) is 0 Å². The summed E-state index contributed by atoms with van der Waals surface area (Å²) in [7, 11) is 1.77. The highest BCUT2D eigenvalue weighted by Crippen LogP contribution is 2.20. The molecule has 0 bridgehead atoms. The molecule has 0 spiro atoms. The van der Waals surface area contributed by atoms with Gasteiger partial charge in [-0.15, -0.1) is 0 Å². The third-order valence-corrected chi connectivity index (χ3v) is 4.49. The Labute approximate surface area is 144 Å². The first-order valence-corrected chi connectivity index (χ1v) is 8.35. The summed E-state index contributed by atoms with van der Waals surface area (Å²) in [6, 6.07) is 5.66. The van der Waals surface area contributed by atoms with E-state index in [1.54, 1.807) is 16.8 Å². The smallest absolute Gasteiger partial charge is 0.238 e. The van der Waals surface area contributed by atoms with Crippen molar-refractivity contribution in [2.45, 2.75) is 6.92 Å². The molecule has 0 radical (unpaired) electrons. The molecule has 1 N–H and O–H groups in total. The number of benzene rings is 1. The number of amides is 2. The van der Waals surface area contributed by atoms with E-state index in [4.69, 9.17) is 4.74 Å². The number of ether oxygens (including phenoxy) is 1. The van der Waals surface area contributed by atoms with E-state index < -0.39 is 0 Å². The summed E-state index contributed by atoms with van der Waals surface area (Å²) in [5.74, 6) is -0.111. The molecule has 6 nitrogen and oxygen atoms in total. The third-order valence-electron chi connectivity index (χ3n) is 3.64. The highest BCUT2D eigenvalue weighted by molar-refractivity contribution is 9.10. The number of carbonyl (C=O) groups excluding carboxylic acids is 2. The van der Waals surface area contributed by atoms with Crippen LogP contribution in [0.3, 0.4) is 0 Å². The average molecular weight is 384 g/mol. The monoisotopic (exact) mass is 383 g/mol. The quantitative estimate of drug-likeness (QED) is 0.836. The maximum Gasteiger partial charge on any atom is 0.238 e. The molecule has 1 aliphatic heterocycles. The molecule has 126 valence electrons. The average Bonchev–Trinajstić information content (AvgIpc) is 2.51. The molecule has 1 saturated heterocycles. The zero-order valence-electron chi connectivity index (χ0n) is 13.5. The maximum atomic E-state index is 12.1. The molecule has 0 aliphatic carbocycles. The van der Waals surface area contributed by atoms with Crippen molar-refractivity contribution in [3.05, 3.63) is 28.2 Å². The van der Waals surface area contributed by atoms with E-state index in [1.807, 2.05) is 25.1 Å². The number of hydrogen-bond donors (Lipinski definition) is 1. The number of rotatable bonds is 5. The molecule has 1 aliphatic rings. The Morgan fingerprint density at radius 3 is 2.65 bits per heavy atom. The van der Waals surface area contributed by atoms with Crippen LogP contribution in [0.15, 0.2) is 22.7 Å². The summed E-state index contributed by atoms with van der Waals surface area (Å²) >= 11 is 3.44. The molecule has 0 saturated carbocycles. The van der Waals surface area contributed by atoms with E-state index in [1.165, 1.54) is 0 Å². The lowest BCUT2D eigenvalue weighted by atomic mass is 10.2. The lowest BCUT2D eigenvalue weighted by Gasteiger charge is -2.28. The molecule has 1 heterocycles. The van der Waals surface area contributed by atoms with E-state index >= 15 is 0 Å². The van der Waals surface area contributed by atoms with Crippen LogP contribution in [0.1, 0.15) is 5.56 Å². The number of aryl methyl sites for hydroxylation is 1. The summed E-state index contributed by atoms with van der Waals surface area (Å²) < 4.78 is 6.18. The lowest BCUT2D eigenvalue weighted by Crippen LogP contribution is -2.46. The minimum Gasteiger partial charge on any atom is -0.378 e. The zero-order chi connectivity index (χ0) is 16.8. The fourth-order valence-corrected chi connectivity index (χ4v) is 2.69. The second-order valence-corrected chi connectivity index (χ2v) is 6.53. The summed E-state index contributed by atoms with van der Waals surface area (Å²) in [5, 5.41) is 2.84. The molecule has 0 aromatic heterocycles. The Morgan fingerprint density at radius 2 is 2.00 bits per heavy atom. The molecule has 2 rings (SSSR count). The second-order valence-electron chi connectivity index (χ2n) is 5.68. The normalized spacial score (nSPS) is 14.9. The van der Waals surface area contributed by atoms with Crippen LogP contribution in [-0.4, -0.2) is 68.1 Å². The molecular weight excluding hydrogens is 362 g/mol. The number of hydrogen-bond acceptors (Lipinski definition) is 4. The van der Waals surface area contributed by atoms with E-state index in [9.17, 15) is 9.59 Å². The van der Waals surface area contributed by atoms with Gasteiger partial charge >= 0.3 is 0 Å². The summed E-state index contributed by atoms with van der Waals surface area (Å²) in [5.41, 5.74) is 1.84. The maximum absolute atomic E-state index is 12.1. The van der Waals surface area contributed by atoms with Crippen molar-refractivity contribution in [3.8, 4) is 0 Å². The number of likely N-dealkylation sites (N-methyl/N-ethyl adjacent to an activating group) is 1. The van der Waals surface area contributed by atoms with Crippen LogP contribution >= 0.6 is 15.9 Å². The Hall–Kier alpha value is -1.44. The van der Waals surface area contributed by atoms with Crippen LogP contribution in [0.4, 0.5) is 5.69 Å². The van der Waals surface area contributed by atoms with Gasteiger partial charge in [0, 0.05) is 23.2 Å². The van der Waals surface area contributed by atoms with Gasteiger partial charge < -0.3 is 15.0 Å². The number of nitrogens with zero attached hydrogens (tertiary/aromatic N) is 2. The van der Waals surface area contributed by atoms with Gasteiger partial charge in [-0.25, -0.2) is 0 Å². The number of anilines is 1. The molecule has 1 aromatic carbocycles. The molecular formula is C16H22BrN3O3. The van der Waals surface area contributed by atoms with E-state index in [0.717, 1.165) is 15.7 Å². The highest BCUT2D eigenvalue weighted by atomic mass is 79.9. The van der Waals surface area contributed by atoms with Crippen LogP contribution in [0, 0.1) is 6.92 Å². The largest absolute Gasteiger partial charge is 0.378 e. The lowest BCUT2D eigenvalue weighted by molar-refractivity contribution is -0.136. The van der Waals surface area contributed by atoms with E-state index in [2.05, 4.69) is 21.2 Å². The van der Waals surface area contributed by atoms with Gasteiger partial charge in [0.25, 0.3) is 0 Å². The first-order valence-electron chi connectivity index (χ1n) is 7.56. The molecule has 7 heteroatoms. The highest BCUT2D eigenvalue weighted by Gasteiger charge is 2.19. The third kappa shape index (κ3) is 5.60. The van der Waals surface area contributed by atoms with Gasteiger partial charge in [-0.1, -0.05) is 22.0 Å². The summed E-state index contributed by atoms with van der Waals surface area (Å²) in [4.78, 5) is 27.7. The van der Waals surface area contributed by atoms with Crippen molar-refractivity contribution in [1.82, 2.24) is 9.80 Å². The summed E-state index contributed by atoms with van der Waals surface area (Å²) in [6.45, 7) is 4.79. The van der Waals surface area contributed by atoms with Crippen LogP contribution in [0.2, 0.25) is 0 Å². The Balaban J connectivity index is 1.79. The topological polar surface area (TPSA) is 61.9 Å². The number of halogens is 1. The molecule has 23 heavy (non-hydrogen) atoms. The van der Waals surface area contributed by atoms with Crippen LogP contribution in [0.5, 0.6) is 0 Å². The molecule has 0 unspecified atom stereocenters. The van der Waals surface area contributed by atoms with E-state index in [-0.39, 0.29) is 24.9 Å². The first kappa shape index (κ1) is 17.9. The van der Waals surface area contributed by atoms with E-state index in [0.29, 0.717) is 26.3 Å². The molecule has 0 atom stereocenters. The fourth-order valence-electron chi connectivity index (χ4n) is 2.32. The van der Waals surface area contributed by atoms with Crippen molar-refractivity contribution in [1.29, 1.82) is 0 Å². The van der Waals surface area contributed by atoms with Crippen LogP contribution < -0.4 is 5.32 Å². The molecule has 1 fully saturated rings. The fraction of sp³-hybridized carbons (Fsp3) is 0.500.